The molecule has 1 aromatic rings. The molecule has 98 valence electrons. The molecule has 1 heterocycles. The summed E-state index contributed by atoms with van der Waals surface area (Å²) in [7, 11) is 1.61. The number of Topliss-reactive ketones (excluding diaryl/α,β-unsaturated/α-hetero) is 1. The number of aryl methyl sites for hydroxylation is 1. The molecule has 0 aliphatic carbocycles. The lowest BCUT2D eigenvalue weighted by Crippen LogP contribution is -2.36. The van der Waals surface area contributed by atoms with Gasteiger partial charge in [0.2, 0.25) is 0 Å². The fraction of sp³-hybridized carbons (Fsp3) is 0.500. The van der Waals surface area contributed by atoms with Gasteiger partial charge in [-0.1, -0.05) is 6.07 Å². The van der Waals surface area contributed by atoms with Gasteiger partial charge in [-0.3, -0.25) is 9.69 Å². The lowest BCUT2D eigenvalue weighted by Gasteiger charge is -2.25. The van der Waals surface area contributed by atoms with Crippen LogP contribution in [0.3, 0.4) is 0 Å². The van der Waals surface area contributed by atoms with Crippen LogP contribution in [0.5, 0.6) is 5.75 Å². The minimum absolute atomic E-state index is 0.152. The number of benzene rings is 1. The van der Waals surface area contributed by atoms with E-state index in [9.17, 15) is 4.79 Å². The Morgan fingerprint density at radius 1 is 1.39 bits per heavy atom. The SMILES string of the molecule is COc1cc(C)ccc1C(=O)CN1CCSCC1. The van der Waals surface area contributed by atoms with Crippen molar-refractivity contribution >= 4 is 17.5 Å². The normalized spacial score (nSPS) is 16.6. The number of ketones is 1. The summed E-state index contributed by atoms with van der Waals surface area (Å²) in [6, 6.07) is 5.75. The second-order valence-corrected chi connectivity index (χ2v) is 5.74. The molecular formula is C14H19NO2S. The molecule has 2 rings (SSSR count). The van der Waals surface area contributed by atoms with Gasteiger partial charge in [0.05, 0.1) is 19.2 Å². The Hall–Kier alpha value is -1.00. The van der Waals surface area contributed by atoms with Crippen LogP contribution >= 0.6 is 11.8 Å². The standard InChI is InChI=1S/C14H19NO2S/c1-11-3-4-12(14(9-11)17-2)13(16)10-15-5-7-18-8-6-15/h3-4,9H,5-8,10H2,1-2H3. The molecule has 18 heavy (non-hydrogen) atoms. The Bertz CT molecular complexity index is 428. The number of thioether (sulfide) groups is 1. The van der Waals surface area contributed by atoms with E-state index in [0.29, 0.717) is 17.9 Å². The van der Waals surface area contributed by atoms with E-state index in [2.05, 4.69) is 4.90 Å². The lowest BCUT2D eigenvalue weighted by atomic mass is 10.1. The molecule has 1 saturated heterocycles. The van der Waals surface area contributed by atoms with Crippen molar-refractivity contribution in [2.75, 3.05) is 38.2 Å². The molecule has 0 atom stereocenters. The number of carbonyl (C=O) groups is 1. The van der Waals surface area contributed by atoms with Crippen LogP contribution in [0.4, 0.5) is 0 Å². The third kappa shape index (κ3) is 3.27. The Balaban J connectivity index is 2.08. The van der Waals surface area contributed by atoms with Crippen LogP contribution in [-0.2, 0) is 0 Å². The first-order valence-corrected chi connectivity index (χ1v) is 7.34. The first kappa shape index (κ1) is 13.4. The third-order valence-electron chi connectivity index (χ3n) is 3.13. The Labute approximate surface area is 113 Å². The van der Waals surface area contributed by atoms with Crippen LogP contribution in [0.25, 0.3) is 0 Å². The number of nitrogens with zero attached hydrogens (tertiary/aromatic N) is 1. The van der Waals surface area contributed by atoms with E-state index in [1.54, 1.807) is 7.11 Å². The van der Waals surface area contributed by atoms with Gasteiger partial charge in [-0.2, -0.15) is 11.8 Å². The van der Waals surface area contributed by atoms with E-state index in [1.807, 2.05) is 36.9 Å². The number of ether oxygens (including phenoxy) is 1. The molecule has 1 aliphatic heterocycles. The molecule has 0 unspecified atom stereocenters. The van der Waals surface area contributed by atoms with Gasteiger partial charge >= 0.3 is 0 Å². The summed E-state index contributed by atoms with van der Waals surface area (Å²) in [5.74, 6) is 3.08. The maximum atomic E-state index is 12.3. The van der Waals surface area contributed by atoms with Crippen molar-refractivity contribution in [2.24, 2.45) is 0 Å². The van der Waals surface area contributed by atoms with Gasteiger partial charge in [0.25, 0.3) is 0 Å². The summed E-state index contributed by atoms with van der Waals surface area (Å²) in [6.07, 6.45) is 0. The third-order valence-corrected chi connectivity index (χ3v) is 4.07. The quantitative estimate of drug-likeness (QED) is 0.781. The van der Waals surface area contributed by atoms with Gasteiger partial charge in [0.15, 0.2) is 5.78 Å². The molecule has 0 aromatic heterocycles. The highest BCUT2D eigenvalue weighted by Gasteiger charge is 2.18. The Kier molecular flexibility index (Phi) is 4.66. The van der Waals surface area contributed by atoms with Gasteiger partial charge in [0, 0.05) is 24.6 Å². The van der Waals surface area contributed by atoms with Gasteiger partial charge in [-0.05, 0) is 24.6 Å². The van der Waals surface area contributed by atoms with Gasteiger partial charge in [-0.15, -0.1) is 0 Å². The molecule has 0 N–H and O–H groups in total. The van der Waals surface area contributed by atoms with Crippen molar-refractivity contribution in [3.8, 4) is 5.75 Å². The zero-order valence-corrected chi connectivity index (χ0v) is 11.8. The average Bonchev–Trinajstić information content (AvgIpc) is 2.39. The highest BCUT2D eigenvalue weighted by Crippen LogP contribution is 2.21. The molecule has 0 amide bonds. The molecule has 0 spiro atoms. The predicted octanol–water partition coefficient (Wildman–Crippen LogP) is 2.24. The van der Waals surface area contributed by atoms with Crippen LogP contribution < -0.4 is 4.74 Å². The first-order chi connectivity index (χ1) is 8.70. The van der Waals surface area contributed by atoms with Crippen LogP contribution in [0.1, 0.15) is 15.9 Å². The maximum Gasteiger partial charge on any atom is 0.180 e. The van der Waals surface area contributed by atoms with E-state index in [0.717, 1.165) is 30.2 Å². The first-order valence-electron chi connectivity index (χ1n) is 6.18. The second-order valence-electron chi connectivity index (χ2n) is 4.52. The number of methoxy groups -OCH3 is 1. The molecule has 1 aliphatic rings. The number of carbonyl (C=O) groups excluding carboxylic acids is 1. The smallest absolute Gasteiger partial charge is 0.180 e. The van der Waals surface area contributed by atoms with Gasteiger partial charge < -0.3 is 4.74 Å². The molecule has 1 aromatic carbocycles. The number of rotatable bonds is 4. The fourth-order valence-corrected chi connectivity index (χ4v) is 3.06. The highest BCUT2D eigenvalue weighted by molar-refractivity contribution is 7.99. The van der Waals surface area contributed by atoms with Crippen LogP contribution in [-0.4, -0.2) is 48.9 Å². The van der Waals surface area contributed by atoms with Gasteiger partial charge in [0.1, 0.15) is 5.75 Å². The van der Waals surface area contributed by atoms with Crippen molar-refractivity contribution in [1.82, 2.24) is 4.90 Å². The van der Waals surface area contributed by atoms with Crippen LogP contribution in [0, 0.1) is 6.92 Å². The van der Waals surface area contributed by atoms with Crippen molar-refractivity contribution < 1.29 is 9.53 Å². The summed E-state index contributed by atoms with van der Waals surface area (Å²) < 4.78 is 5.29. The fourth-order valence-electron chi connectivity index (χ4n) is 2.08. The van der Waals surface area contributed by atoms with E-state index in [-0.39, 0.29) is 5.78 Å². The molecule has 0 bridgehead atoms. The lowest BCUT2D eigenvalue weighted by molar-refractivity contribution is 0.0934. The van der Waals surface area contributed by atoms with Crippen LogP contribution in [0.15, 0.2) is 18.2 Å². The molecule has 0 radical (unpaired) electrons. The number of hydrogen-bond donors (Lipinski definition) is 0. The highest BCUT2D eigenvalue weighted by atomic mass is 32.2. The zero-order valence-electron chi connectivity index (χ0n) is 10.9. The summed E-state index contributed by atoms with van der Waals surface area (Å²) in [5.41, 5.74) is 1.80. The summed E-state index contributed by atoms with van der Waals surface area (Å²) in [5, 5.41) is 0. The predicted molar refractivity (Wildman–Crippen MR) is 75.8 cm³/mol. The molecule has 4 heteroatoms. The van der Waals surface area contributed by atoms with Crippen molar-refractivity contribution in [3.05, 3.63) is 29.3 Å². The van der Waals surface area contributed by atoms with E-state index in [1.165, 1.54) is 0 Å². The van der Waals surface area contributed by atoms with Crippen LogP contribution in [0.2, 0.25) is 0 Å². The second kappa shape index (κ2) is 6.25. The molecule has 1 fully saturated rings. The van der Waals surface area contributed by atoms with Gasteiger partial charge in [-0.25, -0.2) is 0 Å². The van der Waals surface area contributed by atoms with E-state index >= 15 is 0 Å². The maximum absolute atomic E-state index is 12.3. The monoisotopic (exact) mass is 265 g/mol. The van der Waals surface area contributed by atoms with E-state index in [4.69, 9.17) is 4.74 Å². The summed E-state index contributed by atoms with van der Waals surface area (Å²) in [4.78, 5) is 14.5. The Morgan fingerprint density at radius 2 is 2.11 bits per heavy atom. The summed E-state index contributed by atoms with van der Waals surface area (Å²) >= 11 is 1.95. The average molecular weight is 265 g/mol. The number of hydrogen-bond acceptors (Lipinski definition) is 4. The largest absolute Gasteiger partial charge is 0.496 e. The molecule has 0 saturated carbocycles. The Morgan fingerprint density at radius 3 is 2.78 bits per heavy atom. The minimum Gasteiger partial charge on any atom is -0.496 e. The topological polar surface area (TPSA) is 29.5 Å². The van der Waals surface area contributed by atoms with Crippen molar-refractivity contribution in [2.45, 2.75) is 6.92 Å². The summed E-state index contributed by atoms with van der Waals surface area (Å²) in [6.45, 7) is 4.51. The zero-order chi connectivity index (χ0) is 13.0. The molecular weight excluding hydrogens is 246 g/mol. The van der Waals surface area contributed by atoms with Crippen molar-refractivity contribution in [1.29, 1.82) is 0 Å². The molecule has 3 nitrogen and oxygen atoms in total. The minimum atomic E-state index is 0.152. The van der Waals surface area contributed by atoms with E-state index < -0.39 is 0 Å². The van der Waals surface area contributed by atoms with Crippen molar-refractivity contribution in [3.63, 3.8) is 0 Å².